The van der Waals surface area contributed by atoms with E-state index >= 15 is 0 Å². The normalized spacial score (nSPS) is 10.8. The third-order valence-corrected chi connectivity index (χ3v) is 3.95. The largest absolute Gasteiger partial charge is 0.485 e. The smallest absolute Gasteiger partial charge is 0.291 e. The first kappa shape index (κ1) is 19.0. The molecule has 3 rings (SSSR count). The molecule has 0 aliphatic heterocycles. The number of nitrogens with one attached hydrogen (secondary N) is 1. The van der Waals surface area contributed by atoms with Gasteiger partial charge in [0.2, 0.25) is 0 Å². The van der Waals surface area contributed by atoms with Crippen LogP contribution in [0.15, 0.2) is 47.1 Å². The highest BCUT2D eigenvalue weighted by Crippen LogP contribution is 2.23. The average molecular weight is 390 g/mol. The zero-order valence-corrected chi connectivity index (χ0v) is 15.8. The monoisotopic (exact) mass is 389 g/mol. The van der Waals surface area contributed by atoms with Gasteiger partial charge < -0.3 is 19.2 Å². The maximum absolute atomic E-state index is 12.3. The van der Waals surface area contributed by atoms with Crippen molar-refractivity contribution >= 4 is 23.2 Å². The molecular formula is C19H20ClN3O4. The number of anilines is 1. The number of benzene rings is 1. The minimum Gasteiger partial charge on any atom is -0.485 e. The van der Waals surface area contributed by atoms with Gasteiger partial charge in [-0.15, -0.1) is 0 Å². The van der Waals surface area contributed by atoms with Crippen LogP contribution in [0.3, 0.4) is 0 Å². The van der Waals surface area contributed by atoms with E-state index in [1.54, 1.807) is 41.3 Å². The fourth-order valence-corrected chi connectivity index (χ4v) is 2.60. The Morgan fingerprint density at radius 1 is 1.33 bits per heavy atom. The highest BCUT2D eigenvalue weighted by molar-refractivity contribution is 6.30. The highest BCUT2D eigenvalue weighted by Gasteiger charge is 2.13. The number of hydrogen-bond donors (Lipinski definition) is 1. The van der Waals surface area contributed by atoms with Crippen LogP contribution in [0.25, 0.3) is 0 Å². The third kappa shape index (κ3) is 5.12. The number of halogens is 1. The lowest BCUT2D eigenvalue weighted by atomic mass is 10.2. The van der Waals surface area contributed by atoms with E-state index in [4.69, 9.17) is 25.5 Å². The second kappa shape index (κ2) is 8.75. The molecule has 0 aliphatic carbocycles. The van der Waals surface area contributed by atoms with E-state index in [1.807, 2.05) is 19.9 Å². The molecule has 27 heavy (non-hydrogen) atoms. The number of rotatable bonds is 8. The van der Waals surface area contributed by atoms with E-state index in [2.05, 4.69) is 10.4 Å². The van der Waals surface area contributed by atoms with Crippen molar-refractivity contribution in [2.75, 3.05) is 11.9 Å². The Bertz CT molecular complexity index is 919. The molecule has 0 saturated heterocycles. The number of amides is 1. The Morgan fingerprint density at radius 3 is 2.96 bits per heavy atom. The summed E-state index contributed by atoms with van der Waals surface area (Å²) in [5, 5.41) is 7.48. The number of carbonyl (C=O) groups excluding carboxylic acids is 1. The number of nitrogens with zero attached hydrogens (tertiary/aromatic N) is 2. The second-order valence-electron chi connectivity index (χ2n) is 5.81. The Labute approximate surface area is 161 Å². The lowest BCUT2D eigenvalue weighted by Crippen LogP contribution is -2.10. The molecule has 2 aromatic heterocycles. The first-order valence-corrected chi connectivity index (χ1v) is 8.82. The van der Waals surface area contributed by atoms with Crippen molar-refractivity contribution in [3.05, 3.63) is 64.8 Å². The van der Waals surface area contributed by atoms with Crippen molar-refractivity contribution < 1.29 is 18.7 Å². The third-order valence-electron chi connectivity index (χ3n) is 3.71. The summed E-state index contributed by atoms with van der Waals surface area (Å²) < 4.78 is 18.1. The molecule has 0 bridgehead atoms. The van der Waals surface area contributed by atoms with Gasteiger partial charge in [-0.3, -0.25) is 4.79 Å². The Kier molecular flexibility index (Phi) is 6.16. The van der Waals surface area contributed by atoms with E-state index in [-0.39, 0.29) is 18.3 Å². The van der Waals surface area contributed by atoms with Gasteiger partial charge in [-0.1, -0.05) is 11.6 Å². The van der Waals surface area contributed by atoms with Crippen molar-refractivity contribution in [1.82, 2.24) is 9.78 Å². The predicted octanol–water partition coefficient (Wildman–Crippen LogP) is 4.26. The van der Waals surface area contributed by atoms with Gasteiger partial charge in [0.25, 0.3) is 5.91 Å². The molecule has 0 atom stereocenters. The summed E-state index contributed by atoms with van der Waals surface area (Å²) in [7, 11) is 0. The van der Waals surface area contributed by atoms with Crippen molar-refractivity contribution in [3.8, 4) is 5.75 Å². The number of carbonyl (C=O) groups is 1. The van der Waals surface area contributed by atoms with Gasteiger partial charge in [-0.25, -0.2) is 4.68 Å². The molecule has 1 amide bonds. The van der Waals surface area contributed by atoms with Gasteiger partial charge in [0.05, 0.1) is 18.1 Å². The summed E-state index contributed by atoms with van der Waals surface area (Å²) in [6, 6.07) is 8.69. The standard InChI is InChI=1S/C19H20ClN3O4/c1-3-25-12-23-10-15(9-21-23)22-19(24)18-7-5-16(27-18)11-26-17-6-4-14(20)8-13(17)2/h4-10H,3,11-12H2,1-2H3,(H,22,24). The molecular weight excluding hydrogens is 370 g/mol. The first-order valence-electron chi connectivity index (χ1n) is 8.44. The molecule has 0 saturated carbocycles. The molecule has 0 radical (unpaired) electrons. The summed E-state index contributed by atoms with van der Waals surface area (Å²) in [4.78, 5) is 12.3. The van der Waals surface area contributed by atoms with Gasteiger partial charge in [0.15, 0.2) is 5.76 Å². The lowest BCUT2D eigenvalue weighted by molar-refractivity contribution is 0.0792. The summed E-state index contributed by atoms with van der Waals surface area (Å²) in [6.07, 6.45) is 3.23. The van der Waals surface area contributed by atoms with Crippen LogP contribution < -0.4 is 10.1 Å². The summed E-state index contributed by atoms with van der Waals surface area (Å²) in [5.41, 5.74) is 1.49. The Hall–Kier alpha value is -2.77. The maximum atomic E-state index is 12.3. The summed E-state index contributed by atoms with van der Waals surface area (Å²) in [6.45, 7) is 4.95. The quantitative estimate of drug-likeness (QED) is 0.622. The van der Waals surface area contributed by atoms with Crippen LogP contribution in [0.5, 0.6) is 5.75 Å². The molecule has 8 heteroatoms. The molecule has 0 fully saturated rings. The maximum Gasteiger partial charge on any atom is 0.291 e. The minimum absolute atomic E-state index is 0.194. The zero-order valence-electron chi connectivity index (χ0n) is 15.1. The summed E-state index contributed by atoms with van der Waals surface area (Å²) >= 11 is 5.93. The number of ether oxygens (including phenoxy) is 2. The van der Waals surface area contributed by atoms with Gasteiger partial charge in [0.1, 0.15) is 24.8 Å². The van der Waals surface area contributed by atoms with Crippen LogP contribution in [0.1, 0.15) is 28.8 Å². The number of aryl methyl sites for hydroxylation is 1. The summed E-state index contributed by atoms with van der Waals surface area (Å²) in [5.74, 6) is 1.09. The molecule has 2 heterocycles. The molecule has 0 aliphatic rings. The molecule has 142 valence electrons. The van der Waals surface area contributed by atoms with Crippen LogP contribution in [0, 0.1) is 6.92 Å². The SMILES string of the molecule is CCOCn1cc(NC(=O)c2ccc(COc3ccc(Cl)cc3C)o2)cn1. The van der Waals surface area contributed by atoms with E-state index in [0.717, 1.165) is 5.56 Å². The Morgan fingerprint density at radius 2 is 2.19 bits per heavy atom. The molecule has 7 nitrogen and oxygen atoms in total. The molecule has 1 aromatic carbocycles. The minimum atomic E-state index is -0.361. The van der Waals surface area contributed by atoms with Gasteiger partial charge in [-0.2, -0.15) is 5.10 Å². The van der Waals surface area contributed by atoms with Crippen molar-refractivity contribution in [2.24, 2.45) is 0 Å². The predicted molar refractivity (Wildman–Crippen MR) is 101 cm³/mol. The van der Waals surface area contributed by atoms with Crippen molar-refractivity contribution in [2.45, 2.75) is 27.2 Å². The lowest BCUT2D eigenvalue weighted by Gasteiger charge is -2.07. The van der Waals surface area contributed by atoms with Crippen LogP contribution in [0.2, 0.25) is 5.02 Å². The molecule has 3 aromatic rings. The first-order chi connectivity index (χ1) is 13.0. The van der Waals surface area contributed by atoms with E-state index in [0.29, 0.717) is 35.6 Å². The van der Waals surface area contributed by atoms with E-state index in [9.17, 15) is 4.79 Å². The van der Waals surface area contributed by atoms with E-state index in [1.165, 1.54) is 0 Å². The van der Waals surface area contributed by atoms with Crippen LogP contribution >= 0.6 is 11.6 Å². The molecule has 1 N–H and O–H groups in total. The molecule has 0 spiro atoms. The second-order valence-corrected chi connectivity index (χ2v) is 6.25. The highest BCUT2D eigenvalue weighted by atomic mass is 35.5. The average Bonchev–Trinajstić information content (AvgIpc) is 3.28. The topological polar surface area (TPSA) is 78.5 Å². The van der Waals surface area contributed by atoms with Gasteiger partial charge >= 0.3 is 0 Å². The van der Waals surface area contributed by atoms with Gasteiger partial charge in [-0.05, 0) is 49.7 Å². The van der Waals surface area contributed by atoms with Crippen LogP contribution in [-0.2, 0) is 18.1 Å². The van der Waals surface area contributed by atoms with Gasteiger partial charge in [0, 0.05) is 11.6 Å². The molecule has 0 unspecified atom stereocenters. The van der Waals surface area contributed by atoms with Crippen LogP contribution in [0.4, 0.5) is 5.69 Å². The fourth-order valence-electron chi connectivity index (χ4n) is 2.38. The van der Waals surface area contributed by atoms with E-state index < -0.39 is 0 Å². The van der Waals surface area contributed by atoms with Crippen LogP contribution in [-0.4, -0.2) is 22.3 Å². The fraction of sp³-hybridized carbons (Fsp3) is 0.263. The van der Waals surface area contributed by atoms with Crippen molar-refractivity contribution in [1.29, 1.82) is 0 Å². The number of aromatic nitrogens is 2. The zero-order chi connectivity index (χ0) is 19.2. The number of hydrogen-bond acceptors (Lipinski definition) is 5. The number of furan rings is 1. The Balaban J connectivity index is 1.56. The van der Waals surface area contributed by atoms with Crippen molar-refractivity contribution in [3.63, 3.8) is 0 Å².